The zero-order chi connectivity index (χ0) is 14.5. The first-order chi connectivity index (χ1) is 8.88. The van der Waals surface area contributed by atoms with Crippen LogP contribution in [-0.4, -0.2) is 36.4 Å². The number of aliphatic hydroxyl groups is 1. The first kappa shape index (κ1) is 15.3. The fourth-order valence-corrected chi connectivity index (χ4v) is 1.39. The number of carbonyl (C=O) groups excluding carboxylic acids is 1. The van der Waals surface area contributed by atoms with E-state index in [9.17, 15) is 4.79 Å². The van der Waals surface area contributed by atoms with E-state index in [2.05, 4.69) is 5.32 Å². The van der Waals surface area contributed by atoms with Gasteiger partial charge in [0.1, 0.15) is 11.5 Å². The molecule has 5 heteroatoms. The maximum absolute atomic E-state index is 11.9. The van der Waals surface area contributed by atoms with Gasteiger partial charge in [-0.15, -0.1) is 0 Å². The number of aliphatic hydroxyl groups excluding tert-OH is 1. The molecule has 0 radical (unpaired) electrons. The summed E-state index contributed by atoms with van der Waals surface area (Å²) in [4.78, 5) is 11.9. The van der Waals surface area contributed by atoms with Crippen molar-refractivity contribution in [3.63, 3.8) is 0 Å². The van der Waals surface area contributed by atoms with E-state index in [4.69, 9.17) is 14.6 Å². The van der Waals surface area contributed by atoms with Crippen LogP contribution < -0.4 is 14.8 Å². The molecule has 1 aromatic rings. The largest absolute Gasteiger partial charge is 0.497 e. The molecule has 0 aliphatic heterocycles. The van der Waals surface area contributed by atoms with Crippen molar-refractivity contribution in [2.75, 3.05) is 13.7 Å². The minimum Gasteiger partial charge on any atom is -0.497 e. The van der Waals surface area contributed by atoms with Crippen LogP contribution in [0.5, 0.6) is 11.5 Å². The Hall–Kier alpha value is -1.75. The van der Waals surface area contributed by atoms with Gasteiger partial charge in [-0.25, -0.2) is 0 Å². The molecule has 1 unspecified atom stereocenters. The van der Waals surface area contributed by atoms with Crippen LogP contribution in [0.25, 0.3) is 0 Å². The molecular formula is C14H21NO4. The molecule has 0 aliphatic carbocycles. The summed E-state index contributed by atoms with van der Waals surface area (Å²) in [5.74, 6) is 1.05. The van der Waals surface area contributed by atoms with Crippen LogP contribution in [0.2, 0.25) is 0 Å². The maximum Gasteiger partial charge on any atom is 0.261 e. The summed E-state index contributed by atoms with van der Waals surface area (Å²) in [5, 5.41) is 11.8. The Balaban J connectivity index is 2.58. The average Bonchev–Trinajstić information content (AvgIpc) is 2.39. The second-order valence-electron chi connectivity index (χ2n) is 4.97. The minimum atomic E-state index is -0.658. The van der Waals surface area contributed by atoms with E-state index in [1.54, 1.807) is 52.1 Å². The van der Waals surface area contributed by atoms with Crippen molar-refractivity contribution in [3.8, 4) is 11.5 Å². The molecule has 0 bridgehead atoms. The molecule has 0 saturated heterocycles. The molecule has 0 aromatic heterocycles. The summed E-state index contributed by atoms with van der Waals surface area (Å²) >= 11 is 0. The van der Waals surface area contributed by atoms with Gasteiger partial charge in [-0.3, -0.25) is 4.79 Å². The average molecular weight is 267 g/mol. The summed E-state index contributed by atoms with van der Waals surface area (Å²) < 4.78 is 10.6. The summed E-state index contributed by atoms with van der Waals surface area (Å²) in [6.07, 6.45) is -0.640. The second-order valence-corrected chi connectivity index (χ2v) is 4.97. The lowest BCUT2D eigenvalue weighted by molar-refractivity contribution is -0.129. The summed E-state index contributed by atoms with van der Waals surface area (Å²) in [6, 6.07) is 6.99. The van der Waals surface area contributed by atoms with Crippen LogP contribution in [0.4, 0.5) is 0 Å². The van der Waals surface area contributed by atoms with E-state index in [0.29, 0.717) is 5.75 Å². The SMILES string of the molecule is COc1ccc(OC(C)C(=O)NC(C)(C)CO)cc1. The van der Waals surface area contributed by atoms with Gasteiger partial charge >= 0.3 is 0 Å². The van der Waals surface area contributed by atoms with Crippen LogP contribution >= 0.6 is 0 Å². The van der Waals surface area contributed by atoms with Gasteiger partial charge in [0.2, 0.25) is 0 Å². The Kier molecular flexibility index (Phi) is 5.18. The van der Waals surface area contributed by atoms with E-state index < -0.39 is 11.6 Å². The molecule has 0 spiro atoms. The van der Waals surface area contributed by atoms with Crippen molar-refractivity contribution in [3.05, 3.63) is 24.3 Å². The van der Waals surface area contributed by atoms with E-state index in [-0.39, 0.29) is 12.5 Å². The van der Waals surface area contributed by atoms with Crippen molar-refractivity contribution in [2.45, 2.75) is 32.4 Å². The smallest absolute Gasteiger partial charge is 0.261 e. The standard InChI is InChI=1S/C14H21NO4/c1-10(13(17)15-14(2,3)9-16)19-12-7-5-11(18-4)6-8-12/h5-8,10,16H,9H2,1-4H3,(H,15,17). The molecule has 5 nitrogen and oxygen atoms in total. The van der Waals surface area contributed by atoms with Gasteiger partial charge in [-0.1, -0.05) is 0 Å². The van der Waals surface area contributed by atoms with Crippen molar-refractivity contribution < 1.29 is 19.4 Å². The molecule has 0 fully saturated rings. The van der Waals surface area contributed by atoms with Gasteiger partial charge < -0.3 is 19.9 Å². The van der Waals surface area contributed by atoms with Crippen LogP contribution in [0, 0.1) is 0 Å². The highest BCUT2D eigenvalue weighted by atomic mass is 16.5. The quantitative estimate of drug-likeness (QED) is 0.816. The molecule has 1 rings (SSSR count). The summed E-state index contributed by atoms with van der Waals surface area (Å²) in [6.45, 7) is 5.01. The molecule has 1 atom stereocenters. The molecule has 19 heavy (non-hydrogen) atoms. The van der Waals surface area contributed by atoms with E-state index in [1.807, 2.05) is 0 Å². The van der Waals surface area contributed by atoms with Crippen molar-refractivity contribution in [1.82, 2.24) is 5.32 Å². The second kappa shape index (κ2) is 6.43. The molecule has 106 valence electrons. The van der Waals surface area contributed by atoms with Crippen molar-refractivity contribution in [1.29, 1.82) is 0 Å². The lowest BCUT2D eigenvalue weighted by atomic mass is 10.1. The molecule has 0 aliphatic rings. The van der Waals surface area contributed by atoms with Crippen LogP contribution in [0.1, 0.15) is 20.8 Å². The number of nitrogens with one attached hydrogen (secondary N) is 1. The third kappa shape index (κ3) is 4.79. The fraction of sp³-hybridized carbons (Fsp3) is 0.500. The van der Waals surface area contributed by atoms with Crippen LogP contribution in [0.15, 0.2) is 24.3 Å². The van der Waals surface area contributed by atoms with E-state index in [1.165, 1.54) is 0 Å². The minimum absolute atomic E-state index is 0.131. The fourth-order valence-electron chi connectivity index (χ4n) is 1.39. The van der Waals surface area contributed by atoms with Crippen LogP contribution in [0.3, 0.4) is 0 Å². The molecule has 1 aromatic carbocycles. The Bertz CT molecular complexity index is 414. The zero-order valence-electron chi connectivity index (χ0n) is 11.8. The van der Waals surface area contributed by atoms with Crippen molar-refractivity contribution in [2.24, 2.45) is 0 Å². The van der Waals surface area contributed by atoms with Crippen molar-refractivity contribution >= 4 is 5.91 Å². The van der Waals surface area contributed by atoms with Gasteiger partial charge in [0.15, 0.2) is 6.10 Å². The van der Waals surface area contributed by atoms with E-state index >= 15 is 0 Å². The van der Waals surface area contributed by atoms with Gasteiger partial charge in [-0.2, -0.15) is 0 Å². The Morgan fingerprint density at radius 1 is 1.32 bits per heavy atom. The number of hydrogen-bond donors (Lipinski definition) is 2. The molecular weight excluding hydrogens is 246 g/mol. The van der Waals surface area contributed by atoms with Gasteiger partial charge in [0.05, 0.1) is 19.3 Å². The van der Waals surface area contributed by atoms with Crippen LogP contribution in [-0.2, 0) is 4.79 Å². The maximum atomic E-state index is 11.9. The number of rotatable bonds is 6. The monoisotopic (exact) mass is 267 g/mol. The molecule has 0 saturated carbocycles. The van der Waals surface area contributed by atoms with Gasteiger partial charge in [-0.05, 0) is 45.0 Å². The summed E-state index contributed by atoms with van der Waals surface area (Å²) in [7, 11) is 1.59. The lowest BCUT2D eigenvalue weighted by Gasteiger charge is -2.25. The predicted octanol–water partition coefficient (Wildman–Crippen LogP) is 1.35. The zero-order valence-corrected chi connectivity index (χ0v) is 11.8. The molecule has 2 N–H and O–H groups in total. The summed E-state index contributed by atoms with van der Waals surface area (Å²) in [5.41, 5.74) is -0.658. The van der Waals surface area contributed by atoms with Gasteiger partial charge in [0.25, 0.3) is 5.91 Å². The first-order valence-electron chi connectivity index (χ1n) is 6.11. The Morgan fingerprint density at radius 3 is 2.32 bits per heavy atom. The number of benzene rings is 1. The highest BCUT2D eigenvalue weighted by molar-refractivity contribution is 5.81. The predicted molar refractivity (Wildman–Crippen MR) is 72.4 cm³/mol. The third-order valence-electron chi connectivity index (χ3n) is 2.60. The number of amides is 1. The first-order valence-corrected chi connectivity index (χ1v) is 6.11. The molecule has 1 amide bonds. The Morgan fingerprint density at radius 2 is 1.84 bits per heavy atom. The normalized spacial score (nSPS) is 12.7. The number of methoxy groups -OCH3 is 1. The topological polar surface area (TPSA) is 67.8 Å². The lowest BCUT2D eigenvalue weighted by Crippen LogP contribution is -2.50. The number of hydrogen-bond acceptors (Lipinski definition) is 4. The Labute approximate surface area is 113 Å². The molecule has 0 heterocycles. The number of carbonyl (C=O) groups is 1. The number of ether oxygens (including phenoxy) is 2. The highest BCUT2D eigenvalue weighted by Crippen LogP contribution is 2.18. The van der Waals surface area contributed by atoms with E-state index in [0.717, 1.165) is 5.75 Å². The third-order valence-corrected chi connectivity index (χ3v) is 2.60. The highest BCUT2D eigenvalue weighted by Gasteiger charge is 2.23. The van der Waals surface area contributed by atoms with Gasteiger partial charge in [0, 0.05) is 0 Å².